The second kappa shape index (κ2) is 3.73. The van der Waals surface area contributed by atoms with Crippen LogP contribution in [0.3, 0.4) is 0 Å². The summed E-state index contributed by atoms with van der Waals surface area (Å²) in [5.74, 6) is -1.43. The smallest absolute Gasteiger partial charge is 0.307 e. The Bertz CT molecular complexity index is 266. The van der Waals surface area contributed by atoms with Crippen molar-refractivity contribution in [2.24, 2.45) is 17.3 Å². The highest BCUT2D eigenvalue weighted by Gasteiger charge is 2.43. The Morgan fingerprint density at radius 2 is 2.21 bits per heavy atom. The van der Waals surface area contributed by atoms with Gasteiger partial charge in [0.2, 0.25) is 0 Å². The van der Waals surface area contributed by atoms with Gasteiger partial charge in [-0.15, -0.1) is 0 Å². The maximum absolute atomic E-state index is 11.1. The molecule has 0 aromatic heterocycles. The predicted molar refractivity (Wildman–Crippen MR) is 53.9 cm³/mol. The van der Waals surface area contributed by atoms with Crippen molar-refractivity contribution in [3.05, 3.63) is 11.6 Å². The highest BCUT2D eigenvalue weighted by atomic mass is 16.4. The first-order valence-electron chi connectivity index (χ1n) is 4.92. The van der Waals surface area contributed by atoms with E-state index in [1.165, 1.54) is 0 Å². The molecule has 0 aromatic rings. The standard InChI is InChI=1S/C11H18O3/c1-7-4-5-8(6-12)9(10(13)14)11(7,2)3/h4,8-9,12H,5-6H2,1-3H3,(H,13,14). The average molecular weight is 198 g/mol. The molecule has 0 saturated carbocycles. The van der Waals surface area contributed by atoms with Crippen molar-refractivity contribution in [1.82, 2.24) is 0 Å². The van der Waals surface area contributed by atoms with Gasteiger partial charge in [0, 0.05) is 6.61 Å². The number of carboxylic acids is 1. The fraction of sp³-hybridized carbons (Fsp3) is 0.727. The molecule has 0 amide bonds. The maximum Gasteiger partial charge on any atom is 0.307 e. The van der Waals surface area contributed by atoms with E-state index in [1.54, 1.807) is 0 Å². The van der Waals surface area contributed by atoms with Crippen molar-refractivity contribution in [2.75, 3.05) is 6.61 Å². The van der Waals surface area contributed by atoms with E-state index >= 15 is 0 Å². The summed E-state index contributed by atoms with van der Waals surface area (Å²) in [5.41, 5.74) is 0.756. The van der Waals surface area contributed by atoms with Crippen molar-refractivity contribution in [3.8, 4) is 0 Å². The van der Waals surface area contributed by atoms with Crippen LogP contribution < -0.4 is 0 Å². The van der Waals surface area contributed by atoms with Crippen LogP contribution >= 0.6 is 0 Å². The maximum atomic E-state index is 11.1. The largest absolute Gasteiger partial charge is 0.481 e. The van der Waals surface area contributed by atoms with Gasteiger partial charge in [-0.05, 0) is 24.7 Å². The SMILES string of the molecule is CC1=CCC(CO)C(C(=O)O)C1(C)C. The van der Waals surface area contributed by atoms with Crippen molar-refractivity contribution in [2.45, 2.75) is 27.2 Å². The van der Waals surface area contributed by atoms with Crippen molar-refractivity contribution < 1.29 is 15.0 Å². The van der Waals surface area contributed by atoms with Crippen LogP contribution in [0, 0.1) is 17.3 Å². The number of hydrogen-bond donors (Lipinski definition) is 2. The molecule has 0 radical (unpaired) electrons. The number of carbonyl (C=O) groups is 1. The Morgan fingerprint density at radius 1 is 1.64 bits per heavy atom. The van der Waals surface area contributed by atoms with E-state index in [2.05, 4.69) is 0 Å². The summed E-state index contributed by atoms with van der Waals surface area (Å²) in [4.78, 5) is 11.1. The highest BCUT2D eigenvalue weighted by Crippen LogP contribution is 2.44. The number of carboxylic acid groups (broad SMARTS) is 1. The quantitative estimate of drug-likeness (QED) is 0.663. The summed E-state index contributed by atoms with van der Waals surface area (Å²) >= 11 is 0. The molecular weight excluding hydrogens is 180 g/mol. The highest BCUT2D eigenvalue weighted by molar-refractivity contribution is 5.72. The van der Waals surface area contributed by atoms with E-state index in [-0.39, 0.29) is 17.9 Å². The molecule has 1 aliphatic carbocycles. The monoisotopic (exact) mass is 198 g/mol. The molecule has 2 unspecified atom stereocenters. The normalized spacial score (nSPS) is 31.0. The minimum Gasteiger partial charge on any atom is -0.481 e. The van der Waals surface area contributed by atoms with Gasteiger partial charge in [-0.25, -0.2) is 0 Å². The Hall–Kier alpha value is -0.830. The molecule has 0 fully saturated rings. The molecule has 3 nitrogen and oxygen atoms in total. The van der Waals surface area contributed by atoms with E-state index in [9.17, 15) is 4.79 Å². The van der Waals surface area contributed by atoms with Crippen LogP contribution in [0.5, 0.6) is 0 Å². The molecule has 1 rings (SSSR count). The van der Waals surface area contributed by atoms with Gasteiger partial charge in [0.25, 0.3) is 0 Å². The van der Waals surface area contributed by atoms with E-state index < -0.39 is 11.9 Å². The molecule has 2 N–H and O–H groups in total. The lowest BCUT2D eigenvalue weighted by Gasteiger charge is -2.40. The van der Waals surface area contributed by atoms with E-state index in [1.807, 2.05) is 26.8 Å². The third-order valence-corrected chi connectivity index (χ3v) is 3.49. The van der Waals surface area contributed by atoms with Gasteiger partial charge in [0.05, 0.1) is 5.92 Å². The van der Waals surface area contributed by atoms with Crippen LogP contribution in [-0.2, 0) is 4.79 Å². The van der Waals surface area contributed by atoms with Crippen molar-refractivity contribution >= 4 is 5.97 Å². The first-order chi connectivity index (χ1) is 6.41. The fourth-order valence-corrected chi connectivity index (χ4v) is 2.25. The second-order valence-electron chi connectivity index (χ2n) is 4.60. The summed E-state index contributed by atoms with van der Waals surface area (Å²) in [6.07, 6.45) is 2.71. The van der Waals surface area contributed by atoms with Gasteiger partial charge < -0.3 is 10.2 Å². The molecule has 80 valence electrons. The first-order valence-corrected chi connectivity index (χ1v) is 4.92. The van der Waals surface area contributed by atoms with E-state index in [0.29, 0.717) is 6.42 Å². The molecule has 0 bridgehead atoms. The van der Waals surface area contributed by atoms with E-state index in [4.69, 9.17) is 10.2 Å². The predicted octanol–water partition coefficient (Wildman–Crippen LogP) is 1.67. The molecule has 0 aliphatic heterocycles. The van der Waals surface area contributed by atoms with Crippen LogP contribution in [0.2, 0.25) is 0 Å². The topological polar surface area (TPSA) is 57.5 Å². The van der Waals surface area contributed by atoms with Gasteiger partial charge >= 0.3 is 5.97 Å². The molecule has 0 saturated heterocycles. The number of rotatable bonds is 2. The zero-order valence-corrected chi connectivity index (χ0v) is 8.95. The molecule has 14 heavy (non-hydrogen) atoms. The number of aliphatic hydroxyl groups is 1. The van der Waals surface area contributed by atoms with Crippen LogP contribution in [0.1, 0.15) is 27.2 Å². The number of aliphatic hydroxyl groups excluding tert-OH is 1. The summed E-state index contributed by atoms with van der Waals surface area (Å²) in [7, 11) is 0. The molecule has 0 spiro atoms. The van der Waals surface area contributed by atoms with Crippen LogP contribution in [0.25, 0.3) is 0 Å². The fourth-order valence-electron chi connectivity index (χ4n) is 2.25. The molecule has 1 aliphatic rings. The minimum atomic E-state index is -0.804. The lowest BCUT2D eigenvalue weighted by Crippen LogP contribution is -2.41. The molecule has 0 heterocycles. The van der Waals surface area contributed by atoms with Gasteiger partial charge in [-0.1, -0.05) is 25.5 Å². The minimum absolute atomic E-state index is 0.0514. The third kappa shape index (κ3) is 1.69. The van der Waals surface area contributed by atoms with Gasteiger partial charge in [-0.2, -0.15) is 0 Å². The Kier molecular flexibility index (Phi) is 3.00. The van der Waals surface area contributed by atoms with Gasteiger partial charge in [0.1, 0.15) is 0 Å². The number of allylic oxidation sites excluding steroid dienone is 2. The zero-order chi connectivity index (χ0) is 10.9. The van der Waals surface area contributed by atoms with Crippen molar-refractivity contribution in [1.29, 1.82) is 0 Å². The van der Waals surface area contributed by atoms with Crippen LogP contribution in [-0.4, -0.2) is 22.8 Å². The molecule has 3 heteroatoms. The average Bonchev–Trinajstić information content (AvgIpc) is 2.08. The second-order valence-corrected chi connectivity index (χ2v) is 4.60. The van der Waals surface area contributed by atoms with Crippen LogP contribution in [0.15, 0.2) is 11.6 Å². The Balaban J connectivity index is 3.06. The van der Waals surface area contributed by atoms with Gasteiger partial charge in [-0.3, -0.25) is 4.79 Å². The molecule has 0 aromatic carbocycles. The first kappa shape index (κ1) is 11.2. The van der Waals surface area contributed by atoms with Crippen LogP contribution in [0.4, 0.5) is 0 Å². The zero-order valence-electron chi connectivity index (χ0n) is 8.95. The molecule has 2 atom stereocenters. The summed E-state index contributed by atoms with van der Waals surface area (Å²) in [6, 6.07) is 0. The van der Waals surface area contributed by atoms with Crippen molar-refractivity contribution in [3.63, 3.8) is 0 Å². The number of aliphatic carboxylic acids is 1. The Morgan fingerprint density at radius 3 is 2.64 bits per heavy atom. The third-order valence-electron chi connectivity index (χ3n) is 3.49. The summed E-state index contributed by atoms with van der Waals surface area (Å²) in [5, 5.41) is 18.3. The lowest BCUT2D eigenvalue weighted by atomic mass is 9.63. The van der Waals surface area contributed by atoms with Gasteiger partial charge in [0.15, 0.2) is 0 Å². The molecular formula is C11H18O3. The van der Waals surface area contributed by atoms with E-state index in [0.717, 1.165) is 5.57 Å². The Labute approximate surface area is 84.4 Å². The summed E-state index contributed by atoms with van der Waals surface area (Å²) in [6.45, 7) is 5.77. The number of hydrogen-bond acceptors (Lipinski definition) is 2. The lowest BCUT2D eigenvalue weighted by molar-refractivity contribution is -0.149. The summed E-state index contributed by atoms with van der Waals surface area (Å²) < 4.78 is 0.